The minimum Gasteiger partial charge on any atom is -0.481 e. The summed E-state index contributed by atoms with van der Waals surface area (Å²) in [6.07, 6.45) is 0.834. The Labute approximate surface area is 141 Å². The molecule has 1 saturated heterocycles. The summed E-state index contributed by atoms with van der Waals surface area (Å²) >= 11 is 0. The van der Waals surface area contributed by atoms with Crippen LogP contribution < -0.4 is 5.32 Å². The lowest BCUT2D eigenvalue weighted by Gasteiger charge is -2.34. The number of aliphatic carboxylic acids is 1. The molecule has 1 aromatic rings. The normalized spacial score (nSPS) is 14.3. The zero-order valence-corrected chi connectivity index (χ0v) is 13.6. The Kier molecular flexibility index (Phi) is 6.60. The van der Waals surface area contributed by atoms with Crippen LogP contribution in [0.3, 0.4) is 0 Å². The van der Waals surface area contributed by atoms with Crippen LogP contribution in [0.5, 0.6) is 0 Å². The number of rotatable bonds is 6. The van der Waals surface area contributed by atoms with Crippen LogP contribution in [-0.2, 0) is 16.0 Å². The van der Waals surface area contributed by atoms with Crippen molar-refractivity contribution in [1.82, 2.24) is 15.1 Å². The van der Waals surface area contributed by atoms with E-state index in [-0.39, 0.29) is 18.4 Å². The maximum atomic E-state index is 12.3. The molecular formula is C17H23N3O4. The van der Waals surface area contributed by atoms with Crippen LogP contribution in [0.15, 0.2) is 30.3 Å². The van der Waals surface area contributed by atoms with E-state index in [0.29, 0.717) is 45.6 Å². The summed E-state index contributed by atoms with van der Waals surface area (Å²) in [6, 6.07) is 9.40. The van der Waals surface area contributed by atoms with Gasteiger partial charge in [-0.25, -0.2) is 4.79 Å². The molecule has 0 atom stereocenters. The first-order valence-electron chi connectivity index (χ1n) is 8.12. The van der Waals surface area contributed by atoms with E-state index in [1.165, 1.54) is 0 Å². The third kappa shape index (κ3) is 5.57. The van der Waals surface area contributed by atoms with E-state index < -0.39 is 5.97 Å². The molecule has 0 radical (unpaired) electrons. The first-order valence-corrected chi connectivity index (χ1v) is 8.12. The fourth-order valence-corrected chi connectivity index (χ4v) is 2.59. The van der Waals surface area contributed by atoms with E-state index in [1.54, 1.807) is 9.80 Å². The van der Waals surface area contributed by atoms with Crippen molar-refractivity contribution in [1.29, 1.82) is 0 Å². The molecule has 2 rings (SSSR count). The van der Waals surface area contributed by atoms with E-state index in [2.05, 4.69) is 5.32 Å². The highest BCUT2D eigenvalue weighted by Gasteiger charge is 2.23. The highest BCUT2D eigenvalue weighted by Crippen LogP contribution is 2.07. The van der Waals surface area contributed by atoms with Crippen molar-refractivity contribution in [3.8, 4) is 0 Å². The second-order valence-electron chi connectivity index (χ2n) is 5.76. The predicted octanol–water partition coefficient (Wildman–Crippen LogP) is 0.948. The Morgan fingerprint density at radius 3 is 2.25 bits per heavy atom. The molecule has 2 N–H and O–H groups in total. The van der Waals surface area contributed by atoms with Gasteiger partial charge in [0, 0.05) is 39.1 Å². The second kappa shape index (κ2) is 8.90. The third-order valence-electron chi connectivity index (χ3n) is 3.96. The number of carboxylic acids is 1. The van der Waals surface area contributed by atoms with Gasteiger partial charge in [-0.05, 0) is 12.0 Å². The van der Waals surface area contributed by atoms with Gasteiger partial charge < -0.3 is 20.2 Å². The minimum atomic E-state index is -0.866. The lowest BCUT2D eigenvalue weighted by Crippen LogP contribution is -2.53. The SMILES string of the molecule is O=C(O)CCCNC(=O)N1CCN(C(=O)Cc2ccccc2)CC1. The smallest absolute Gasteiger partial charge is 0.317 e. The van der Waals surface area contributed by atoms with Crippen molar-refractivity contribution in [3.63, 3.8) is 0 Å². The molecule has 1 fully saturated rings. The molecule has 7 heteroatoms. The number of amides is 3. The molecule has 0 saturated carbocycles. The molecule has 0 spiro atoms. The van der Waals surface area contributed by atoms with Gasteiger partial charge in [0.2, 0.25) is 5.91 Å². The number of carbonyl (C=O) groups excluding carboxylic acids is 2. The third-order valence-corrected chi connectivity index (χ3v) is 3.96. The molecular weight excluding hydrogens is 310 g/mol. The molecule has 0 aromatic heterocycles. The molecule has 1 aromatic carbocycles. The van der Waals surface area contributed by atoms with Crippen molar-refractivity contribution in [2.45, 2.75) is 19.3 Å². The lowest BCUT2D eigenvalue weighted by molar-refractivity contribution is -0.137. The predicted molar refractivity (Wildman–Crippen MR) is 88.6 cm³/mol. The Morgan fingerprint density at radius 1 is 1.00 bits per heavy atom. The minimum absolute atomic E-state index is 0.0437. The van der Waals surface area contributed by atoms with Crippen LogP contribution in [0, 0.1) is 0 Å². The molecule has 1 aliphatic heterocycles. The largest absolute Gasteiger partial charge is 0.481 e. The van der Waals surface area contributed by atoms with Gasteiger partial charge in [0.15, 0.2) is 0 Å². The van der Waals surface area contributed by atoms with E-state index in [9.17, 15) is 14.4 Å². The average molecular weight is 333 g/mol. The van der Waals surface area contributed by atoms with Gasteiger partial charge in [-0.1, -0.05) is 30.3 Å². The monoisotopic (exact) mass is 333 g/mol. The molecule has 1 heterocycles. The fraction of sp³-hybridized carbons (Fsp3) is 0.471. The second-order valence-corrected chi connectivity index (χ2v) is 5.76. The number of piperazine rings is 1. The summed E-state index contributed by atoms with van der Waals surface area (Å²) < 4.78 is 0. The van der Waals surface area contributed by atoms with E-state index in [1.807, 2.05) is 30.3 Å². The van der Waals surface area contributed by atoms with Crippen molar-refractivity contribution >= 4 is 17.9 Å². The molecule has 0 aliphatic carbocycles. The van der Waals surface area contributed by atoms with Gasteiger partial charge in [-0.3, -0.25) is 9.59 Å². The van der Waals surface area contributed by atoms with Gasteiger partial charge >= 0.3 is 12.0 Å². The van der Waals surface area contributed by atoms with Crippen LogP contribution in [0.1, 0.15) is 18.4 Å². The zero-order chi connectivity index (χ0) is 17.4. The molecule has 24 heavy (non-hydrogen) atoms. The van der Waals surface area contributed by atoms with Gasteiger partial charge in [-0.2, -0.15) is 0 Å². The van der Waals surface area contributed by atoms with Crippen molar-refractivity contribution in [2.75, 3.05) is 32.7 Å². The number of hydrogen-bond acceptors (Lipinski definition) is 3. The highest BCUT2D eigenvalue weighted by atomic mass is 16.4. The van der Waals surface area contributed by atoms with E-state index in [0.717, 1.165) is 5.56 Å². The molecule has 3 amide bonds. The highest BCUT2D eigenvalue weighted by molar-refractivity contribution is 5.79. The molecule has 0 unspecified atom stereocenters. The Balaban J connectivity index is 1.69. The number of nitrogens with one attached hydrogen (secondary N) is 1. The van der Waals surface area contributed by atoms with E-state index in [4.69, 9.17) is 5.11 Å². The zero-order valence-electron chi connectivity index (χ0n) is 13.6. The molecule has 130 valence electrons. The number of nitrogens with zero attached hydrogens (tertiary/aromatic N) is 2. The van der Waals surface area contributed by atoms with Crippen LogP contribution in [0.2, 0.25) is 0 Å². The van der Waals surface area contributed by atoms with Gasteiger partial charge in [0.1, 0.15) is 0 Å². The molecule has 1 aliphatic rings. The Hall–Kier alpha value is -2.57. The summed E-state index contributed by atoms with van der Waals surface area (Å²) in [4.78, 5) is 38.1. The quantitative estimate of drug-likeness (QED) is 0.759. The Morgan fingerprint density at radius 2 is 1.62 bits per heavy atom. The maximum Gasteiger partial charge on any atom is 0.317 e. The summed E-state index contributed by atoms with van der Waals surface area (Å²) in [6.45, 7) is 2.37. The number of carboxylic acid groups (broad SMARTS) is 1. The summed E-state index contributed by atoms with van der Waals surface area (Å²) in [7, 11) is 0. The first-order chi connectivity index (χ1) is 11.6. The topological polar surface area (TPSA) is 89.9 Å². The summed E-state index contributed by atoms with van der Waals surface area (Å²) in [5.74, 6) is -0.794. The number of hydrogen-bond donors (Lipinski definition) is 2. The first kappa shape index (κ1) is 17.8. The molecule has 0 bridgehead atoms. The van der Waals surface area contributed by atoms with Gasteiger partial charge in [-0.15, -0.1) is 0 Å². The van der Waals surface area contributed by atoms with Gasteiger partial charge in [0.25, 0.3) is 0 Å². The van der Waals surface area contributed by atoms with E-state index >= 15 is 0 Å². The Bertz CT molecular complexity index is 568. The standard InChI is InChI=1S/C17H23N3O4/c21-15(13-14-5-2-1-3-6-14)19-9-11-20(12-10-19)17(24)18-8-4-7-16(22)23/h1-3,5-6H,4,7-13H2,(H,18,24)(H,22,23). The number of benzene rings is 1. The molecule has 7 nitrogen and oxygen atoms in total. The fourth-order valence-electron chi connectivity index (χ4n) is 2.59. The van der Waals surface area contributed by atoms with Gasteiger partial charge in [0.05, 0.1) is 6.42 Å². The summed E-state index contributed by atoms with van der Waals surface area (Å²) in [5.41, 5.74) is 0.987. The van der Waals surface area contributed by atoms with Crippen LogP contribution in [0.4, 0.5) is 4.79 Å². The lowest BCUT2D eigenvalue weighted by atomic mass is 10.1. The van der Waals surface area contributed by atoms with Crippen molar-refractivity contribution in [2.24, 2.45) is 0 Å². The van der Waals surface area contributed by atoms with Crippen LogP contribution in [-0.4, -0.2) is 65.5 Å². The average Bonchev–Trinajstić information content (AvgIpc) is 2.59. The van der Waals surface area contributed by atoms with Crippen LogP contribution in [0.25, 0.3) is 0 Å². The number of urea groups is 1. The summed E-state index contributed by atoms with van der Waals surface area (Å²) in [5, 5.41) is 11.3. The number of carbonyl (C=O) groups is 3. The van der Waals surface area contributed by atoms with Crippen molar-refractivity contribution in [3.05, 3.63) is 35.9 Å². The maximum absolute atomic E-state index is 12.3. The van der Waals surface area contributed by atoms with Crippen LogP contribution >= 0.6 is 0 Å². The van der Waals surface area contributed by atoms with Crippen molar-refractivity contribution < 1.29 is 19.5 Å².